The third-order valence-corrected chi connectivity index (χ3v) is 5.18. The van der Waals surface area contributed by atoms with Crippen LogP contribution >= 0.6 is 35.6 Å². The molecule has 0 saturated carbocycles. The van der Waals surface area contributed by atoms with Crippen molar-refractivity contribution in [2.24, 2.45) is 12.0 Å². The van der Waals surface area contributed by atoms with E-state index in [1.807, 2.05) is 19.2 Å². The van der Waals surface area contributed by atoms with Crippen molar-refractivity contribution in [3.63, 3.8) is 0 Å². The number of benzene rings is 1. The number of aryl methyl sites for hydroxylation is 1. The molecule has 0 bridgehead atoms. The van der Waals surface area contributed by atoms with E-state index < -0.39 is 0 Å². The van der Waals surface area contributed by atoms with Crippen molar-refractivity contribution in [3.8, 4) is 0 Å². The van der Waals surface area contributed by atoms with Crippen molar-refractivity contribution in [3.05, 3.63) is 47.0 Å². The summed E-state index contributed by atoms with van der Waals surface area (Å²) in [6.45, 7) is 8.60. The number of guanidine groups is 1. The van der Waals surface area contributed by atoms with Gasteiger partial charge in [0.2, 0.25) is 0 Å². The average molecular weight is 505 g/mol. The first-order valence-electron chi connectivity index (χ1n) is 9.15. The van der Waals surface area contributed by atoms with Crippen molar-refractivity contribution >= 4 is 41.5 Å². The number of nitrogens with zero attached hydrogens (tertiary/aromatic N) is 4. The molecule has 8 heteroatoms. The van der Waals surface area contributed by atoms with Crippen LogP contribution in [0.1, 0.15) is 45.0 Å². The summed E-state index contributed by atoms with van der Waals surface area (Å²) >= 11 is 6.06. The molecule has 0 spiro atoms. The summed E-state index contributed by atoms with van der Waals surface area (Å²) in [4.78, 5) is 8.87. The zero-order valence-electron chi connectivity index (χ0n) is 16.5. The summed E-state index contributed by atoms with van der Waals surface area (Å²) in [6.07, 6.45) is 3.60. The maximum absolute atomic E-state index is 6.06. The van der Waals surface area contributed by atoms with Crippen LogP contribution in [0.4, 0.5) is 0 Å². The van der Waals surface area contributed by atoms with Crippen LogP contribution in [-0.2, 0) is 19.0 Å². The molecule has 0 amide bonds. The van der Waals surface area contributed by atoms with Gasteiger partial charge >= 0.3 is 0 Å². The molecule has 1 aromatic heterocycles. The molecule has 0 fully saturated rings. The van der Waals surface area contributed by atoms with E-state index in [-0.39, 0.29) is 29.4 Å². The molecule has 0 saturated heterocycles. The van der Waals surface area contributed by atoms with E-state index in [4.69, 9.17) is 11.6 Å². The van der Waals surface area contributed by atoms with Gasteiger partial charge in [0.15, 0.2) is 5.96 Å². The lowest BCUT2D eigenvalue weighted by Crippen LogP contribution is -2.45. The molecule has 1 aromatic carbocycles. The van der Waals surface area contributed by atoms with Gasteiger partial charge in [-0.3, -0.25) is 4.68 Å². The monoisotopic (exact) mass is 504 g/mol. The number of aliphatic imine (C=N–C) groups is 1. The van der Waals surface area contributed by atoms with Crippen molar-refractivity contribution in [2.45, 2.75) is 45.6 Å². The maximum atomic E-state index is 6.06. The highest BCUT2D eigenvalue weighted by Crippen LogP contribution is 2.31. The molecule has 0 aliphatic carbocycles. The highest BCUT2D eigenvalue weighted by molar-refractivity contribution is 14.0. The van der Waals surface area contributed by atoms with E-state index >= 15 is 0 Å². The van der Waals surface area contributed by atoms with Gasteiger partial charge in [-0.15, -0.1) is 24.0 Å². The second-order valence-corrected chi connectivity index (χ2v) is 6.78. The first kappa shape index (κ1) is 23.7. The Morgan fingerprint density at radius 1 is 1.15 bits per heavy atom. The fraction of sp³-hybridized carbons (Fsp3) is 0.526. The van der Waals surface area contributed by atoms with Gasteiger partial charge in [0, 0.05) is 30.6 Å². The topological polar surface area (TPSA) is 67.1 Å². The minimum atomic E-state index is 0. The molecule has 2 aromatic rings. The molecular formula is C19H30ClIN6. The van der Waals surface area contributed by atoms with Gasteiger partial charge < -0.3 is 10.6 Å². The summed E-state index contributed by atoms with van der Waals surface area (Å²) in [5.41, 5.74) is 1.33. The highest BCUT2D eigenvalue weighted by atomic mass is 127. The minimum Gasteiger partial charge on any atom is -0.357 e. The molecule has 0 aliphatic heterocycles. The van der Waals surface area contributed by atoms with Crippen LogP contribution in [0.2, 0.25) is 5.02 Å². The largest absolute Gasteiger partial charge is 0.357 e. The number of nitrogens with one attached hydrogen (secondary N) is 2. The van der Waals surface area contributed by atoms with Crippen LogP contribution in [0.25, 0.3) is 0 Å². The fourth-order valence-corrected chi connectivity index (χ4v) is 3.15. The highest BCUT2D eigenvalue weighted by Gasteiger charge is 2.28. The Kier molecular flexibility index (Phi) is 10.1. The third kappa shape index (κ3) is 6.34. The Morgan fingerprint density at radius 3 is 2.33 bits per heavy atom. The average Bonchev–Trinajstić information content (AvgIpc) is 3.06. The third-order valence-electron chi connectivity index (χ3n) is 4.93. The summed E-state index contributed by atoms with van der Waals surface area (Å²) in [6, 6.07) is 8.18. The first-order chi connectivity index (χ1) is 12.5. The molecule has 0 unspecified atom stereocenters. The predicted molar refractivity (Wildman–Crippen MR) is 123 cm³/mol. The standard InChI is InChI=1S/C19H29ClN6.HI/c1-5-19(6-2,15-8-10-16(20)11-9-15)13-23-18(21-7-3)22-12-17-24-14-25-26(17)4;/h8-11,14H,5-7,12-13H2,1-4H3,(H2,21,22,23);1H. The number of halogens is 2. The van der Waals surface area contributed by atoms with Crippen LogP contribution in [0, 0.1) is 0 Å². The van der Waals surface area contributed by atoms with Crippen LogP contribution in [0.15, 0.2) is 35.6 Å². The van der Waals surface area contributed by atoms with Crippen molar-refractivity contribution in [1.82, 2.24) is 25.4 Å². The normalized spacial score (nSPS) is 11.8. The van der Waals surface area contributed by atoms with Crippen molar-refractivity contribution in [1.29, 1.82) is 0 Å². The van der Waals surface area contributed by atoms with Gasteiger partial charge in [-0.1, -0.05) is 37.6 Å². The van der Waals surface area contributed by atoms with Gasteiger partial charge in [-0.25, -0.2) is 9.98 Å². The molecule has 150 valence electrons. The Labute approximate surface area is 184 Å². The molecule has 6 nitrogen and oxygen atoms in total. The van der Waals surface area contributed by atoms with Crippen LogP contribution in [0.5, 0.6) is 0 Å². The number of hydrogen-bond acceptors (Lipinski definition) is 3. The fourth-order valence-electron chi connectivity index (χ4n) is 3.02. The molecule has 27 heavy (non-hydrogen) atoms. The van der Waals surface area contributed by atoms with E-state index in [9.17, 15) is 0 Å². The molecule has 0 aliphatic rings. The van der Waals surface area contributed by atoms with Gasteiger partial charge in [0.05, 0.1) is 0 Å². The van der Waals surface area contributed by atoms with Gasteiger partial charge in [0.1, 0.15) is 18.7 Å². The number of aromatic nitrogens is 3. The summed E-state index contributed by atoms with van der Waals surface area (Å²) in [7, 11) is 1.87. The predicted octanol–water partition coefficient (Wildman–Crippen LogP) is 3.90. The van der Waals surface area contributed by atoms with Gasteiger partial charge in [0.25, 0.3) is 0 Å². The number of rotatable bonds is 8. The molecule has 2 N–H and O–H groups in total. The Hall–Kier alpha value is -1.35. The molecular weight excluding hydrogens is 475 g/mol. The van der Waals surface area contributed by atoms with E-state index in [0.29, 0.717) is 6.54 Å². The first-order valence-corrected chi connectivity index (χ1v) is 9.53. The summed E-state index contributed by atoms with van der Waals surface area (Å²) < 4.78 is 1.74. The Balaban J connectivity index is 0.00000364. The zero-order valence-corrected chi connectivity index (χ0v) is 19.6. The summed E-state index contributed by atoms with van der Waals surface area (Å²) in [5.74, 6) is 1.62. The van der Waals surface area contributed by atoms with E-state index in [1.54, 1.807) is 11.0 Å². The molecule has 0 atom stereocenters. The lowest BCUT2D eigenvalue weighted by Gasteiger charge is -2.33. The molecule has 0 radical (unpaired) electrons. The van der Waals surface area contributed by atoms with E-state index in [1.165, 1.54) is 5.56 Å². The summed E-state index contributed by atoms with van der Waals surface area (Å²) in [5, 5.41) is 11.7. The van der Waals surface area contributed by atoms with Crippen LogP contribution in [-0.4, -0.2) is 33.8 Å². The van der Waals surface area contributed by atoms with Crippen LogP contribution < -0.4 is 10.6 Å². The Morgan fingerprint density at radius 2 is 1.81 bits per heavy atom. The van der Waals surface area contributed by atoms with Gasteiger partial charge in [-0.2, -0.15) is 5.10 Å². The lowest BCUT2D eigenvalue weighted by molar-refractivity contribution is 0.389. The van der Waals surface area contributed by atoms with E-state index in [0.717, 1.165) is 42.7 Å². The quantitative estimate of drug-likeness (QED) is 0.325. The smallest absolute Gasteiger partial charge is 0.191 e. The lowest BCUT2D eigenvalue weighted by atomic mass is 9.76. The van der Waals surface area contributed by atoms with E-state index in [2.05, 4.69) is 58.6 Å². The SMILES string of the molecule is CCNC(=NCc1ncnn1C)NCC(CC)(CC)c1ccc(Cl)cc1.I. The molecule has 2 rings (SSSR count). The second-order valence-electron chi connectivity index (χ2n) is 6.34. The Bertz CT molecular complexity index is 709. The van der Waals surface area contributed by atoms with Crippen molar-refractivity contribution < 1.29 is 0 Å². The van der Waals surface area contributed by atoms with Gasteiger partial charge in [-0.05, 0) is 37.5 Å². The maximum Gasteiger partial charge on any atom is 0.191 e. The minimum absolute atomic E-state index is 0. The van der Waals surface area contributed by atoms with Crippen LogP contribution in [0.3, 0.4) is 0 Å². The van der Waals surface area contributed by atoms with Crippen molar-refractivity contribution in [2.75, 3.05) is 13.1 Å². The zero-order chi connectivity index (χ0) is 19.0. The second kappa shape index (κ2) is 11.5. The molecule has 1 heterocycles. The number of hydrogen-bond donors (Lipinski definition) is 2.